The van der Waals surface area contributed by atoms with Gasteiger partial charge in [-0.1, -0.05) is 81.4 Å². The number of benzene rings is 2. The molecule has 0 amide bonds. The summed E-state index contributed by atoms with van der Waals surface area (Å²) < 4.78 is 6.42. The van der Waals surface area contributed by atoms with Gasteiger partial charge in [-0.25, -0.2) is 0 Å². The molecule has 28 heavy (non-hydrogen) atoms. The van der Waals surface area contributed by atoms with Crippen LogP contribution >= 0.6 is 0 Å². The minimum Gasteiger partial charge on any atom is -0.369 e. The summed E-state index contributed by atoms with van der Waals surface area (Å²) in [5.74, 6) is 1.19. The van der Waals surface area contributed by atoms with E-state index in [2.05, 4.69) is 81.9 Å². The molecular formula is C27H34O. The Morgan fingerprint density at radius 2 is 1.75 bits per heavy atom. The summed E-state index contributed by atoms with van der Waals surface area (Å²) in [6.07, 6.45) is 6.94. The van der Waals surface area contributed by atoms with Crippen LogP contribution in [0.1, 0.15) is 62.8 Å². The average molecular weight is 375 g/mol. The first-order valence-corrected chi connectivity index (χ1v) is 10.8. The Kier molecular flexibility index (Phi) is 5.22. The van der Waals surface area contributed by atoms with Gasteiger partial charge in [-0.15, -0.1) is 6.58 Å². The van der Waals surface area contributed by atoms with E-state index in [4.69, 9.17) is 4.74 Å². The van der Waals surface area contributed by atoms with Crippen LogP contribution in [-0.2, 0) is 16.6 Å². The maximum atomic E-state index is 6.42. The summed E-state index contributed by atoms with van der Waals surface area (Å²) in [7, 11) is 0. The molecule has 0 saturated heterocycles. The first-order chi connectivity index (χ1) is 13.5. The van der Waals surface area contributed by atoms with Crippen molar-refractivity contribution < 1.29 is 4.74 Å². The van der Waals surface area contributed by atoms with E-state index >= 15 is 0 Å². The maximum Gasteiger partial charge on any atom is 0.0862 e. The van der Waals surface area contributed by atoms with Crippen molar-refractivity contribution in [2.45, 2.75) is 58.0 Å². The lowest BCUT2D eigenvalue weighted by molar-refractivity contribution is -0.0933. The maximum absolute atomic E-state index is 6.42. The van der Waals surface area contributed by atoms with Gasteiger partial charge in [0.1, 0.15) is 0 Å². The van der Waals surface area contributed by atoms with Crippen LogP contribution in [0.4, 0.5) is 0 Å². The molecule has 0 aromatic heterocycles. The summed E-state index contributed by atoms with van der Waals surface area (Å²) in [5, 5.41) is 0. The van der Waals surface area contributed by atoms with E-state index in [1.54, 1.807) is 11.1 Å². The molecule has 148 valence electrons. The van der Waals surface area contributed by atoms with Gasteiger partial charge < -0.3 is 4.74 Å². The van der Waals surface area contributed by atoms with Crippen LogP contribution in [0.5, 0.6) is 0 Å². The molecule has 0 N–H and O–H groups in total. The van der Waals surface area contributed by atoms with E-state index < -0.39 is 0 Å². The van der Waals surface area contributed by atoms with Gasteiger partial charge in [0, 0.05) is 0 Å². The highest BCUT2D eigenvalue weighted by molar-refractivity contribution is 5.39. The van der Waals surface area contributed by atoms with Crippen molar-refractivity contribution in [3.8, 4) is 0 Å². The molecule has 2 aliphatic rings. The Hall–Kier alpha value is -1.86. The van der Waals surface area contributed by atoms with Crippen molar-refractivity contribution in [2.75, 3.05) is 6.61 Å². The smallest absolute Gasteiger partial charge is 0.0862 e. The fourth-order valence-electron chi connectivity index (χ4n) is 6.49. The molecule has 1 nitrogen and oxygen atoms in total. The molecule has 1 saturated carbocycles. The van der Waals surface area contributed by atoms with E-state index in [9.17, 15) is 0 Å². The first-order valence-electron chi connectivity index (χ1n) is 10.8. The molecule has 2 unspecified atom stereocenters. The second kappa shape index (κ2) is 7.52. The quantitative estimate of drug-likeness (QED) is 0.518. The molecule has 0 bridgehead atoms. The Balaban J connectivity index is 1.71. The lowest BCUT2D eigenvalue weighted by Crippen LogP contribution is -2.53. The lowest BCUT2D eigenvalue weighted by Gasteiger charge is -2.59. The van der Waals surface area contributed by atoms with Gasteiger partial charge in [0.05, 0.1) is 12.7 Å². The molecule has 4 rings (SSSR count). The molecule has 1 fully saturated rings. The zero-order valence-electron chi connectivity index (χ0n) is 17.7. The topological polar surface area (TPSA) is 9.23 Å². The largest absolute Gasteiger partial charge is 0.369 e. The van der Waals surface area contributed by atoms with Gasteiger partial charge in [0.2, 0.25) is 0 Å². The summed E-state index contributed by atoms with van der Waals surface area (Å²) in [4.78, 5) is 0. The molecule has 0 aliphatic heterocycles. The van der Waals surface area contributed by atoms with Crippen molar-refractivity contribution in [1.82, 2.24) is 0 Å². The third-order valence-corrected chi connectivity index (χ3v) is 7.82. The summed E-state index contributed by atoms with van der Waals surface area (Å²) in [6.45, 7) is 12.0. The number of rotatable bonds is 5. The van der Waals surface area contributed by atoms with Crippen molar-refractivity contribution >= 4 is 0 Å². The number of hydrogen-bond acceptors (Lipinski definition) is 1. The summed E-state index contributed by atoms with van der Waals surface area (Å²) in [6, 6.07) is 20.0. The molecule has 2 aliphatic carbocycles. The van der Waals surface area contributed by atoms with Gasteiger partial charge in [0.25, 0.3) is 0 Å². The fraction of sp³-hybridized carbons (Fsp3) is 0.481. The minimum atomic E-state index is 0.135. The van der Waals surface area contributed by atoms with Crippen molar-refractivity contribution in [1.29, 1.82) is 0 Å². The van der Waals surface area contributed by atoms with Crippen LogP contribution in [-0.4, -0.2) is 6.61 Å². The molecule has 2 aromatic carbocycles. The van der Waals surface area contributed by atoms with Crippen LogP contribution < -0.4 is 0 Å². The summed E-state index contributed by atoms with van der Waals surface area (Å²) in [5.41, 5.74) is 4.96. The van der Waals surface area contributed by atoms with Gasteiger partial charge >= 0.3 is 0 Å². The first kappa shape index (κ1) is 19.5. The Labute approximate surface area is 170 Å². The Morgan fingerprint density at radius 3 is 2.50 bits per heavy atom. The van der Waals surface area contributed by atoms with E-state index in [0.717, 1.165) is 0 Å². The van der Waals surface area contributed by atoms with E-state index in [0.29, 0.717) is 18.4 Å². The lowest BCUT2D eigenvalue weighted by atomic mass is 9.46. The summed E-state index contributed by atoms with van der Waals surface area (Å²) >= 11 is 0. The third kappa shape index (κ3) is 3.14. The van der Waals surface area contributed by atoms with Gasteiger partial charge in [-0.3, -0.25) is 0 Å². The van der Waals surface area contributed by atoms with Crippen molar-refractivity contribution in [3.05, 3.63) is 83.9 Å². The Bertz CT molecular complexity index is 821. The Morgan fingerprint density at radius 1 is 1.04 bits per heavy atom. The SMILES string of the molecule is C=CCOC(c1ccccc1)[C@H]1CC[C@]2(C)c3ccccc3CCC2C1(C)C. The second-order valence-electron chi connectivity index (χ2n) is 9.59. The molecule has 0 spiro atoms. The van der Waals surface area contributed by atoms with Crippen LogP contribution in [0.15, 0.2) is 67.3 Å². The highest BCUT2D eigenvalue weighted by atomic mass is 16.5. The van der Waals surface area contributed by atoms with Gasteiger partial charge in [-0.05, 0) is 65.0 Å². The van der Waals surface area contributed by atoms with Gasteiger partial charge in [-0.2, -0.15) is 0 Å². The number of fused-ring (bicyclic) bond motifs is 3. The van der Waals surface area contributed by atoms with Crippen LogP contribution in [0.25, 0.3) is 0 Å². The predicted octanol–water partition coefficient (Wildman–Crippen LogP) is 6.89. The van der Waals surface area contributed by atoms with Crippen LogP contribution in [0.2, 0.25) is 0 Å². The van der Waals surface area contributed by atoms with Crippen molar-refractivity contribution in [3.63, 3.8) is 0 Å². The number of aryl methyl sites for hydroxylation is 1. The number of ether oxygens (including phenoxy) is 1. The van der Waals surface area contributed by atoms with Crippen LogP contribution in [0.3, 0.4) is 0 Å². The second-order valence-corrected chi connectivity index (χ2v) is 9.59. The van der Waals surface area contributed by atoms with E-state index in [1.165, 1.54) is 31.2 Å². The zero-order valence-corrected chi connectivity index (χ0v) is 17.7. The molecular weight excluding hydrogens is 340 g/mol. The highest BCUT2D eigenvalue weighted by Gasteiger charge is 2.55. The zero-order chi connectivity index (χ0) is 19.8. The fourth-order valence-corrected chi connectivity index (χ4v) is 6.49. The molecule has 0 heterocycles. The monoisotopic (exact) mass is 374 g/mol. The van der Waals surface area contributed by atoms with Crippen molar-refractivity contribution in [2.24, 2.45) is 17.3 Å². The predicted molar refractivity (Wildman–Crippen MR) is 117 cm³/mol. The van der Waals surface area contributed by atoms with Gasteiger partial charge in [0.15, 0.2) is 0 Å². The standard InChI is InChI=1S/C27H34O/c1-5-19-28-25(21-12-7-6-8-13-21)23-17-18-27(4)22-14-10-9-11-20(22)15-16-24(27)26(23,2)3/h5-14,23-25H,1,15-19H2,2-4H3/t23-,24?,25?,27-/m1/s1. The average Bonchev–Trinajstić information content (AvgIpc) is 2.70. The molecule has 0 radical (unpaired) electrons. The highest BCUT2D eigenvalue weighted by Crippen LogP contribution is 2.61. The molecule has 1 heteroatoms. The normalized spacial score (nSPS) is 29.4. The molecule has 4 atom stereocenters. The van der Waals surface area contributed by atoms with Crippen LogP contribution in [0, 0.1) is 17.3 Å². The number of hydrogen-bond donors (Lipinski definition) is 0. The van der Waals surface area contributed by atoms with E-state index in [1.807, 2.05) is 6.08 Å². The van der Waals surface area contributed by atoms with E-state index in [-0.39, 0.29) is 16.9 Å². The minimum absolute atomic E-state index is 0.135. The third-order valence-electron chi connectivity index (χ3n) is 7.82. The molecule has 2 aromatic rings.